The van der Waals surface area contributed by atoms with Crippen molar-refractivity contribution >= 4 is 0 Å². The third kappa shape index (κ3) is 4.56. The molecule has 3 saturated heterocycles. The lowest BCUT2D eigenvalue weighted by Crippen LogP contribution is -2.66. The SMILES string of the molecule is [O-][n+]1cccc(CC2=C[C@@]3(O)CCC=CCCCCN4CC[C@@H]2[C@]2(C[C@@H]5CCCCCCN5[C@H]23)C4)c1. The maximum absolute atomic E-state index is 12.7. The van der Waals surface area contributed by atoms with E-state index in [0.29, 0.717) is 12.0 Å². The molecule has 0 amide bonds. The summed E-state index contributed by atoms with van der Waals surface area (Å²) in [5.41, 5.74) is 1.75. The lowest BCUT2D eigenvalue weighted by Gasteiger charge is -2.58. The van der Waals surface area contributed by atoms with Gasteiger partial charge in [-0.1, -0.05) is 43.1 Å². The Kier molecular flexibility index (Phi) is 7.00. The first-order valence-electron chi connectivity index (χ1n) is 14.8. The van der Waals surface area contributed by atoms with Crippen LogP contribution in [-0.2, 0) is 6.42 Å². The van der Waals surface area contributed by atoms with Crippen LogP contribution in [0.4, 0.5) is 0 Å². The third-order valence-corrected chi connectivity index (χ3v) is 10.2. The van der Waals surface area contributed by atoms with Crippen molar-refractivity contribution in [2.75, 3.05) is 26.2 Å². The van der Waals surface area contributed by atoms with E-state index in [9.17, 15) is 10.3 Å². The smallest absolute Gasteiger partial charge is 0.183 e. The summed E-state index contributed by atoms with van der Waals surface area (Å²) in [6, 6.07) is 4.75. The second kappa shape index (κ2) is 10.2. The molecule has 3 fully saturated rings. The Morgan fingerprint density at radius 2 is 1.86 bits per heavy atom. The zero-order chi connectivity index (χ0) is 24.6. The number of aromatic nitrogens is 1. The molecule has 1 unspecified atom stereocenters. The monoisotopic (exact) mass is 491 g/mol. The lowest BCUT2D eigenvalue weighted by atomic mass is 9.54. The highest BCUT2D eigenvalue weighted by atomic mass is 16.5. The standard InChI is InChI=1S/C31H45N3O2/c35-31-15-8-4-1-2-5-9-16-32-19-14-28(26(21-31)20-25-12-11-17-33(36)23-25)30(24-32)22-27-13-7-3-6-10-18-34(27)29(30)31/h1,4,11-12,17,21,23,27-29,35H,2-3,5-10,13-16,18-20,22,24H2/t27-,28-,29+,30-,31-/m0/s1. The molecule has 5 nitrogen and oxygen atoms in total. The molecule has 6 atom stereocenters. The summed E-state index contributed by atoms with van der Waals surface area (Å²) in [7, 11) is 0. The zero-order valence-electron chi connectivity index (χ0n) is 22.0. The number of hydrogen-bond acceptors (Lipinski definition) is 4. The molecule has 0 saturated carbocycles. The van der Waals surface area contributed by atoms with Crippen LogP contribution in [0.3, 0.4) is 0 Å². The van der Waals surface area contributed by atoms with Crippen LogP contribution < -0.4 is 4.73 Å². The number of rotatable bonds is 2. The predicted octanol–water partition coefficient (Wildman–Crippen LogP) is 4.77. The van der Waals surface area contributed by atoms with Gasteiger partial charge < -0.3 is 15.2 Å². The van der Waals surface area contributed by atoms with Crippen molar-refractivity contribution in [3.8, 4) is 0 Å². The summed E-state index contributed by atoms with van der Waals surface area (Å²) in [6.07, 6.45) is 25.4. The number of aliphatic hydroxyl groups is 1. The lowest BCUT2D eigenvalue weighted by molar-refractivity contribution is -0.605. The first-order chi connectivity index (χ1) is 17.6. The van der Waals surface area contributed by atoms with Crippen LogP contribution in [0.1, 0.15) is 82.6 Å². The van der Waals surface area contributed by atoms with Crippen molar-refractivity contribution in [3.63, 3.8) is 0 Å². The molecule has 1 spiro atoms. The Labute approximate surface area is 217 Å². The molecule has 1 aliphatic carbocycles. The Bertz CT molecular complexity index is 992. The Morgan fingerprint density at radius 1 is 1.00 bits per heavy atom. The number of hydrogen-bond donors (Lipinski definition) is 1. The molecule has 4 aliphatic heterocycles. The first-order valence-corrected chi connectivity index (χ1v) is 14.8. The van der Waals surface area contributed by atoms with Gasteiger partial charge in [0.05, 0.1) is 5.60 Å². The molecule has 5 heterocycles. The van der Waals surface area contributed by atoms with E-state index in [1.165, 1.54) is 69.9 Å². The molecule has 5 heteroatoms. The predicted molar refractivity (Wildman–Crippen MR) is 143 cm³/mol. The van der Waals surface area contributed by atoms with E-state index in [2.05, 4.69) is 34.1 Å². The van der Waals surface area contributed by atoms with E-state index in [1.807, 2.05) is 6.07 Å². The number of nitrogens with zero attached hydrogens (tertiary/aromatic N) is 3. The fourth-order valence-corrected chi connectivity index (χ4v) is 8.91. The maximum atomic E-state index is 12.7. The Morgan fingerprint density at radius 3 is 2.78 bits per heavy atom. The van der Waals surface area contributed by atoms with Gasteiger partial charge in [-0.05, 0) is 95.8 Å². The van der Waals surface area contributed by atoms with Gasteiger partial charge in [0.15, 0.2) is 12.4 Å². The van der Waals surface area contributed by atoms with Gasteiger partial charge in [-0.15, -0.1) is 0 Å². The van der Waals surface area contributed by atoms with E-state index in [1.54, 1.807) is 12.4 Å². The van der Waals surface area contributed by atoms with Gasteiger partial charge in [0.1, 0.15) is 0 Å². The van der Waals surface area contributed by atoms with Crippen LogP contribution in [0, 0.1) is 16.5 Å². The molecular weight excluding hydrogens is 446 g/mol. The highest BCUT2D eigenvalue weighted by Crippen LogP contribution is 2.60. The summed E-state index contributed by atoms with van der Waals surface area (Å²) in [5.74, 6) is 0.494. The van der Waals surface area contributed by atoms with Gasteiger partial charge in [0.2, 0.25) is 0 Å². The summed E-state index contributed by atoms with van der Waals surface area (Å²) >= 11 is 0. The summed E-state index contributed by atoms with van der Waals surface area (Å²) in [6.45, 7) is 4.61. The molecule has 3 bridgehead atoms. The molecule has 0 aromatic carbocycles. The van der Waals surface area contributed by atoms with Crippen LogP contribution in [0.5, 0.6) is 0 Å². The van der Waals surface area contributed by atoms with E-state index >= 15 is 0 Å². The molecule has 196 valence electrons. The second-order valence-corrected chi connectivity index (χ2v) is 12.5. The second-order valence-electron chi connectivity index (χ2n) is 12.5. The minimum Gasteiger partial charge on any atom is -0.619 e. The highest BCUT2D eigenvalue weighted by Gasteiger charge is 2.65. The topological polar surface area (TPSA) is 53.7 Å². The van der Waals surface area contributed by atoms with Crippen molar-refractivity contribution < 1.29 is 9.84 Å². The summed E-state index contributed by atoms with van der Waals surface area (Å²) in [4.78, 5) is 5.56. The van der Waals surface area contributed by atoms with Crippen molar-refractivity contribution in [2.45, 2.75) is 101 Å². The van der Waals surface area contributed by atoms with Gasteiger partial charge in [0, 0.05) is 35.7 Å². The average molecular weight is 492 g/mol. The van der Waals surface area contributed by atoms with E-state index in [0.717, 1.165) is 55.6 Å². The van der Waals surface area contributed by atoms with Crippen LogP contribution in [0.15, 0.2) is 48.3 Å². The third-order valence-electron chi connectivity index (χ3n) is 10.2. The van der Waals surface area contributed by atoms with Gasteiger partial charge in [0.25, 0.3) is 0 Å². The van der Waals surface area contributed by atoms with Crippen LogP contribution in [-0.4, -0.2) is 58.8 Å². The minimum atomic E-state index is -0.816. The van der Waals surface area contributed by atoms with Crippen molar-refractivity contribution in [2.24, 2.45) is 11.3 Å². The molecule has 5 aliphatic rings. The van der Waals surface area contributed by atoms with Gasteiger partial charge in [-0.2, -0.15) is 4.73 Å². The Balaban J connectivity index is 1.45. The number of piperidine rings is 1. The van der Waals surface area contributed by atoms with Crippen molar-refractivity contribution in [3.05, 3.63) is 59.1 Å². The number of pyridine rings is 1. The fraction of sp³-hybridized carbons (Fsp3) is 0.710. The van der Waals surface area contributed by atoms with Crippen LogP contribution in [0.2, 0.25) is 0 Å². The Hall–Kier alpha value is -1.69. The average Bonchev–Trinajstić information content (AvgIpc) is 3.13. The first kappa shape index (κ1) is 24.6. The molecule has 0 radical (unpaired) electrons. The van der Waals surface area contributed by atoms with Crippen molar-refractivity contribution in [1.82, 2.24) is 9.80 Å². The summed E-state index contributed by atoms with van der Waals surface area (Å²) < 4.78 is 0.926. The molecule has 36 heavy (non-hydrogen) atoms. The van der Waals surface area contributed by atoms with E-state index in [-0.39, 0.29) is 11.5 Å². The van der Waals surface area contributed by atoms with Gasteiger partial charge in [-0.3, -0.25) is 4.90 Å². The van der Waals surface area contributed by atoms with Gasteiger partial charge >= 0.3 is 0 Å². The summed E-state index contributed by atoms with van der Waals surface area (Å²) in [5, 5.41) is 24.8. The minimum absolute atomic E-state index is 0.103. The zero-order valence-corrected chi connectivity index (χ0v) is 22.0. The molecule has 1 N–H and O–H groups in total. The molecular formula is C31H45N3O2. The van der Waals surface area contributed by atoms with E-state index < -0.39 is 5.60 Å². The fourth-order valence-electron chi connectivity index (χ4n) is 8.91. The number of allylic oxidation sites excluding steroid dienone is 3. The normalized spacial score (nSPS) is 39.5. The van der Waals surface area contributed by atoms with E-state index in [4.69, 9.17) is 0 Å². The quantitative estimate of drug-likeness (QED) is 0.368. The largest absolute Gasteiger partial charge is 0.619 e. The van der Waals surface area contributed by atoms with Crippen LogP contribution in [0.25, 0.3) is 0 Å². The molecule has 1 aromatic heterocycles. The van der Waals surface area contributed by atoms with Crippen LogP contribution >= 0.6 is 0 Å². The number of fused-ring (bicyclic) bond motifs is 2. The van der Waals surface area contributed by atoms with Gasteiger partial charge in [-0.25, -0.2) is 0 Å². The highest BCUT2D eigenvalue weighted by molar-refractivity contribution is 5.35. The maximum Gasteiger partial charge on any atom is 0.183 e. The molecule has 1 aromatic rings. The van der Waals surface area contributed by atoms with Crippen molar-refractivity contribution in [1.29, 1.82) is 0 Å². The molecule has 6 rings (SSSR count).